The van der Waals surface area contributed by atoms with Gasteiger partial charge in [0.15, 0.2) is 11.5 Å². The molecule has 1 heterocycles. The predicted octanol–water partition coefficient (Wildman–Crippen LogP) is 2.79. The van der Waals surface area contributed by atoms with Gasteiger partial charge in [0, 0.05) is 5.92 Å². The van der Waals surface area contributed by atoms with Crippen molar-refractivity contribution in [2.45, 2.75) is 19.9 Å². The molecule has 118 valence electrons. The van der Waals surface area contributed by atoms with Gasteiger partial charge in [-0.1, -0.05) is 13.0 Å². The SMILES string of the molecule is COc1ccc(CC(C)C(=O)NCc2ccco2)cc1OC. The van der Waals surface area contributed by atoms with Crippen molar-refractivity contribution in [3.63, 3.8) is 0 Å². The van der Waals surface area contributed by atoms with Crippen LogP contribution >= 0.6 is 0 Å². The smallest absolute Gasteiger partial charge is 0.223 e. The number of carbonyl (C=O) groups excluding carboxylic acids is 1. The summed E-state index contributed by atoms with van der Waals surface area (Å²) in [5.74, 6) is 1.94. The van der Waals surface area contributed by atoms with Crippen LogP contribution < -0.4 is 14.8 Å². The Morgan fingerprint density at radius 2 is 2.00 bits per heavy atom. The molecule has 0 saturated heterocycles. The number of benzene rings is 1. The highest BCUT2D eigenvalue weighted by Crippen LogP contribution is 2.28. The zero-order valence-corrected chi connectivity index (χ0v) is 13.1. The fourth-order valence-electron chi connectivity index (χ4n) is 2.22. The van der Waals surface area contributed by atoms with Gasteiger partial charge in [0.25, 0.3) is 0 Å². The summed E-state index contributed by atoms with van der Waals surface area (Å²) in [5.41, 5.74) is 1.03. The molecule has 0 spiro atoms. The van der Waals surface area contributed by atoms with E-state index < -0.39 is 0 Å². The number of furan rings is 1. The van der Waals surface area contributed by atoms with Crippen molar-refractivity contribution in [3.8, 4) is 11.5 Å². The molecule has 0 aliphatic carbocycles. The standard InChI is InChI=1S/C17H21NO4/c1-12(17(19)18-11-14-5-4-8-22-14)9-13-6-7-15(20-2)16(10-13)21-3/h4-8,10,12H,9,11H2,1-3H3,(H,18,19). The average Bonchev–Trinajstić information content (AvgIpc) is 3.05. The number of hydrogen-bond donors (Lipinski definition) is 1. The van der Waals surface area contributed by atoms with E-state index in [-0.39, 0.29) is 11.8 Å². The van der Waals surface area contributed by atoms with E-state index in [2.05, 4.69) is 5.32 Å². The van der Waals surface area contributed by atoms with E-state index in [0.29, 0.717) is 24.5 Å². The molecule has 0 bridgehead atoms. The minimum absolute atomic E-state index is 0.00816. The Balaban J connectivity index is 1.93. The van der Waals surface area contributed by atoms with Crippen LogP contribution in [0.1, 0.15) is 18.2 Å². The van der Waals surface area contributed by atoms with Gasteiger partial charge < -0.3 is 19.2 Å². The minimum Gasteiger partial charge on any atom is -0.493 e. The van der Waals surface area contributed by atoms with Crippen molar-refractivity contribution in [3.05, 3.63) is 47.9 Å². The molecule has 22 heavy (non-hydrogen) atoms. The van der Waals surface area contributed by atoms with Crippen LogP contribution in [0, 0.1) is 5.92 Å². The first-order valence-electron chi connectivity index (χ1n) is 7.15. The van der Waals surface area contributed by atoms with E-state index in [1.807, 2.05) is 31.2 Å². The molecule has 1 aromatic heterocycles. The Morgan fingerprint density at radius 3 is 2.64 bits per heavy atom. The van der Waals surface area contributed by atoms with Crippen LogP contribution in [0.15, 0.2) is 41.0 Å². The van der Waals surface area contributed by atoms with Gasteiger partial charge in [-0.15, -0.1) is 0 Å². The molecule has 0 radical (unpaired) electrons. The van der Waals surface area contributed by atoms with Crippen LogP contribution in [0.4, 0.5) is 0 Å². The lowest BCUT2D eigenvalue weighted by atomic mass is 10.00. The van der Waals surface area contributed by atoms with Crippen molar-refractivity contribution in [2.24, 2.45) is 5.92 Å². The molecule has 5 heteroatoms. The van der Waals surface area contributed by atoms with E-state index in [4.69, 9.17) is 13.9 Å². The normalized spacial score (nSPS) is 11.8. The Hall–Kier alpha value is -2.43. The van der Waals surface area contributed by atoms with Gasteiger partial charge in [-0.05, 0) is 36.2 Å². The summed E-state index contributed by atoms with van der Waals surface area (Å²) in [5, 5.41) is 2.87. The molecule has 2 aromatic rings. The average molecular weight is 303 g/mol. The second-order valence-electron chi connectivity index (χ2n) is 5.09. The third-order valence-corrected chi connectivity index (χ3v) is 3.45. The van der Waals surface area contributed by atoms with Gasteiger partial charge in [-0.25, -0.2) is 0 Å². The molecule has 0 fully saturated rings. The highest BCUT2D eigenvalue weighted by atomic mass is 16.5. The van der Waals surface area contributed by atoms with Gasteiger partial charge in [-0.2, -0.15) is 0 Å². The van der Waals surface area contributed by atoms with Crippen LogP contribution in [-0.2, 0) is 17.8 Å². The maximum atomic E-state index is 12.1. The number of ether oxygens (including phenoxy) is 2. The highest BCUT2D eigenvalue weighted by Gasteiger charge is 2.15. The number of hydrogen-bond acceptors (Lipinski definition) is 4. The van der Waals surface area contributed by atoms with E-state index >= 15 is 0 Å². The summed E-state index contributed by atoms with van der Waals surface area (Å²) >= 11 is 0. The van der Waals surface area contributed by atoms with Gasteiger partial charge >= 0.3 is 0 Å². The van der Waals surface area contributed by atoms with E-state index in [9.17, 15) is 4.79 Å². The Morgan fingerprint density at radius 1 is 1.23 bits per heavy atom. The predicted molar refractivity (Wildman–Crippen MR) is 83.0 cm³/mol. The maximum absolute atomic E-state index is 12.1. The molecular weight excluding hydrogens is 282 g/mol. The summed E-state index contributed by atoms with van der Waals surface area (Å²) in [6.45, 7) is 2.30. The topological polar surface area (TPSA) is 60.7 Å². The Bertz CT molecular complexity index is 607. The maximum Gasteiger partial charge on any atom is 0.223 e. The molecule has 1 N–H and O–H groups in total. The first kappa shape index (κ1) is 15.9. The van der Waals surface area contributed by atoms with E-state index in [1.54, 1.807) is 26.5 Å². The van der Waals surface area contributed by atoms with Gasteiger partial charge in [-0.3, -0.25) is 4.79 Å². The fraction of sp³-hybridized carbons (Fsp3) is 0.353. The lowest BCUT2D eigenvalue weighted by Crippen LogP contribution is -2.29. The van der Waals surface area contributed by atoms with Gasteiger partial charge in [0.05, 0.1) is 27.0 Å². The molecule has 2 rings (SSSR count). The third kappa shape index (κ3) is 4.04. The molecule has 0 saturated carbocycles. The van der Waals surface area contributed by atoms with Crippen molar-refractivity contribution in [2.75, 3.05) is 14.2 Å². The summed E-state index contributed by atoms with van der Waals surface area (Å²) < 4.78 is 15.7. The second kappa shape index (κ2) is 7.54. The molecule has 1 amide bonds. The quantitative estimate of drug-likeness (QED) is 0.854. The Labute approximate surface area is 130 Å². The summed E-state index contributed by atoms with van der Waals surface area (Å²) in [7, 11) is 3.20. The van der Waals surface area contributed by atoms with E-state index in [1.165, 1.54) is 0 Å². The summed E-state index contributed by atoms with van der Waals surface area (Å²) in [6.07, 6.45) is 2.22. The van der Waals surface area contributed by atoms with Crippen molar-refractivity contribution in [1.29, 1.82) is 0 Å². The second-order valence-corrected chi connectivity index (χ2v) is 5.09. The molecule has 1 unspecified atom stereocenters. The van der Waals surface area contributed by atoms with Crippen LogP contribution in [-0.4, -0.2) is 20.1 Å². The molecule has 0 aliphatic rings. The summed E-state index contributed by atoms with van der Waals surface area (Å²) in [4.78, 5) is 12.1. The first-order valence-corrected chi connectivity index (χ1v) is 7.15. The van der Waals surface area contributed by atoms with Crippen LogP contribution in [0.2, 0.25) is 0 Å². The monoisotopic (exact) mass is 303 g/mol. The fourth-order valence-corrected chi connectivity index (χ4v) is 2.22. The lowest BCUT2D eigenvalue weighted by molar-refractivity contribution is -0.124. The number of nitrogens with one attached hydrogen (secondary N) is 1. The highest BCUT2D eigenvalue weighted by molar-refractivity contribution is 5.78. The van der Waals surface area contributed by atoms with Crippen molar-refractivity contribution >= 4 is 5.91 Å². The molecular formula is C17H21NO4. The molecule has 0 aliphatic heterocycles. The lowest BCUT2D eigenvalue weighted by Gasteiger charge is -2.13. The number of amides is 1. The van der Waals surface area contributed by atoms with E-state index in [0.717, 1.165) is 11.3 Å². The van der Waals surface area contributed by atoms with Gasteiger partial charge in [0.1, 0.15) is 5.76 Å². The number of methoxy groups -OCH3 is 2. The van der Waals surface area contributed by atoms with Crippen LogP contribution in [0.25, 0.3) is 0 Å². The molecule has 5 nitrogen and oxygen atoms in total. The molecule has 1 aromatic carbocycles. The Kier molecular flexibility index (Phi) is 5.47. The minimum atomic E-state index is -0.145. The van der Waals surface area contributed by atoms with Crippen LogP contribution in [0.3, 0.4) is 0 Å². The number of rotatable bonds is 7. The van der Waals surface area contributed by atoms with Crippen LogP contribution in [0.5, 0.6) is 11.5 Å². The summed E-state index contributed by atoms with van der Waals surface area (Å²) in [6, 6.07) is 9.32. The largest absolute Gasteiger partial charge is 0.493 e. The molecule has 1 atom stereocenters. The zero-order chi connectivity index (χ0) is 15.9. The van der Waals surface area contributed by atoms with Crippen molar-refractivity contribution < 1.29 is 18.7 Å². The first-order chi connectivity index (χ1) is 10.6. The van der Waals surface area contributed by atoms with Gasteiger partial charge in [0.2, 0.25) is 5.91 Å². The van der Waals surface area contributed by atoms with Crippen molar-refractivity contribution in [1.82, 2.24) is 5.32 Å². The number of carbonyl (C=O) groups is 1. The third-order valence-electron chi connectivity index (χ3n) is 3.45. The zero-order valence-electron chi connectivity index (χ0n) is 13.1.